The Morgan fingerprint density at radius 3 is 3.07 bits per heavy atom. The number of aliphatic hydroxyl groups excluding tert-OH is 1. The van der Waals surface area contributed by atoms with Gasteiger partial charge in [-0.25, -0.2) is 4.98 Å². The van der Waals surface area contributed by atoms with E-state index in [-0.39, 0.29) is 12.6 Å². The lowest BCUT2D eigenvalue weighted by Crippen LogP contribution is -2.12. The highest BCUT2D eigenvalue weighted by molar-refractivity contribution is 5.28. The summed E-state index contributed by atoms with van der Waals surface area (Å²) < 4.78 is 5.09. The number of rotatable bonds is 5. The summed E-state index contributed by atoms with van der Waals surface area (Å²) in [5.41, 5.74) is 6.82. The maximum atomic E-state index is 8.69. The smallest absolute Gasteiger partial charge is 0.217 e. The summed E-state index contributed by atoms with van der Waals surface area (Å²) in [6.07, 6.45) is 3.10. The van der Waals surface area contributed by atoms with Gasteiger partial charge in [-0.2, -0.15) is 0 Å². The average Bonchev–Trinajstić information content (AvgIpc) is 2.25. The van der Waals surface area contributed by atoms with Crippen molar-refractivity contribution in [3.8, 4) is 5.88 Å². The third kappa shape index (κ3) is 2.68. The number of hydrogen-bond donors (Lipinski definition) is 2. The van der Waals surface area contributed by atoms with Gasteiger partial charge >= 0.3 is 0 Å². The van der Waals surface area contributed by atoms with Crippen LogP contribution in [0.3, 0.4) is 0 Å². The van der Waals surface area contributed by atoms with Gasteiger partial charge in [0.15, 0.2) is 0 Å². The van der Waals surface area contributed by atoms with Crippen molar-refractivity contribution < 1.29 is 9.84 Å². The molecule has 78 valence electrons. The van der Waals surface area contributed by atoms with E-state index in [1.807, 2.05) is 12.1 Å². The quantitative estimate of drug-likeness (QED) is 0.733. The molecule has 1 aromatic rings. The van der Waals surface area contributed by atoms with Gasteiger partial charge in [-0.1, -0.05) is 6.07 Å². The molecule has 0 unspecified atom stereocenters. The van der Waals surface area contributed by atoms with Gasteiger partial charge in [-0.15, -0.1) is 0 Å². The first-order chi connectivity index (χ1) is 6.79. The topological polar surface area (TPSA) is 68.4 Å². The van der Waals surface area contributed by atoms with E-state index >= 15 is 0 Å². The highest BCUT2D eigenvalue weighted by Gasteiger charge is 2.11. The van der Waals surface area contributed by atoms with Crippen molar-refractivity contribution >= 4 is 0 Å². The maximum absolute atomic E-state index is 8.69. The van der Waals surface area contributed by atoms with Crippen LogP contribution in [0.2, 0.25) is 0 Å². The average molecular weight is 196 g/mol. The Hall–Kier alpha value is -1.13. The van der Waals surface area contributed by atoms with Crippen LogP contribution in [0, 0.1) is 0 Å². The Balaban J connectivity index is 2.72. The Kier molecular flexibility index (Phi) is 4.35. The van der Waals surface area contributed by atoms with Gasteiger partial charge in [-0.05, 0) is 18.9 Å². The lowest BCUT2D eigenvalue weighted by Gasteiger charge is -2.13. The van der Waals surface area contributed by atoms with Crippen molar-refractivity contribution in [3.05, 3.63) is 23.9 Å². The van der Waals surface area contributed by atoms with Crippen molar-refractivity contribution in [2.24, 2.45) is 5.73 Å². The van der Waals surface area contributed by atoms with Crippen molar-refractivity contribution in [3.63, 3.8) is 0 Å². The van der Waals surface area contributed by atoms with Gasteiger partial charge in [0.1, 0.15) is 0 Å². The minimum absolute atomic E-state index is 0.120. The third-order valence-electron chi connectivity index (χ3n) is 2.07. The zero-order chi connectivity index (χ0) is 10.4. The summed E-state index contributed by atoms with van der Waals surface area (Å²) >= 11 is 0. The molecule has 3 N–H and O–H groups in total. The molecule has 4 nitrogen and oxygen atoms in total. The first-order valence-electron chi connectivity index (χ1n) is 4.65. The fraction of sp³-hybridized carbons (Fsp3) is 0.500. The molecule has 0 spiro atoms. The number of ether oxygens (including phenoxy) is 1. The van der Waals surface area contributed by atoms with Gasteiger partial charge in [0.2, 0.25) is 5.88 Å². The number of hydrogen-bond acceptors (Lipinski definition) is 4. The van der Waals surface area contributed by atoms with Gasteiger partial charge < -0.3 is 15.6 Å². The van der Waals surface area contributed by atoms with Crippen LogP contribution in [-0.2, 0) is 0 Å². The van der Waals surface area contributed by atoms with E-state index in [0.29, 0.717) is 12.3 Å². The standard InChI is InChI=1S/C10H16N2O2/c1-14-10-8(4-2-6-12-10)9(11)5-3-7-13/h2,4,6,9,13H,3,5,7,11H2,1H3/t9-/m1/s1. The molecule has 0 aliphatic rings. The van der Waals surface area contributed by atoms with Crippen LogP contribution in [-0.4, -0.2) is 23.8 Å². The molecular formula is C10H16N2O2. The monoisotopic (exact) mass is 196 g/mol. The third-order valence-corrected chi connectivity index (χ3v) is 2.07. The Morgan fingerprint density at radius 1 is 1.64 bits per heavy atom. The first-order valence-corrected chi connectivity index (χ1v) is 4.65. The highest BCUT2D eigenvalue weighted by atomic mass is 16.5. The fourth-order valence-electron chi connectivity index (χ4n) is 1.32. The van der Waals surface area contributed by atoms with Gasteiger partial charge in [0.05, 0.1) is 7.11 Å². The van der Waals surface area contributed by atoms with E-state index in [0.717, 1.165) is 12.0 Å². The molecule has 1 heterocycles. The van der Waals surface area contributed by atoms with Gasteiger partial charge in [0, 0.05) is 24.4 Å². The van der Waals surface area contributed by atoms with Crippen molar-refractivity contribution in [1.29, 1.82) is 0 Å². The van der Waals surface area contributed by atoms with Gasteiger partial charge in [-0.3, -0.25) is 0 Å². The maximum Gasteiger partial charge on any atom is 0.217 e. The molecule has 1 rings (SSSR count). The van der Waals surface area contributed by atoms with E-state index in [9.17, 15) is 0 Å². The van der Waals surface area contributed by atoms with Crippen LogP contribution < -0.4 is 10.5 Å². The molecule has 0 radical (unpaired) electrons. The minimum Gasteiger partial charge on any atom is -0.481 e. The molecule has 1 atom stereocenters. The molecule has 14 heavy (non-hydrogen) atoms. The Labute approximate surface area is 83.7 Å². The second kappa shape index (κ2) is 5.57. The summed E-state index contributed by atoms with van der Waals surface area (Å²) in [6.45, 7) is 0.163. The molecule has 0 saturated heterocycles. The van der Waals surface area contributed by atoms with Crippen molar-refractivity contribution in [2.45, 2.75) is 18.9 Å². The highest BCUT2D eigenvalue weighted by Crippen LogP contribution is 2.23. The zero-order valence-electron chi connectivity index (χ0n) is 8.31. The lowest BCUT2D eigenvalue weighted by atomic mass is 10.0. The number of pyridine rings is 1. The molecule has 1 aromatic heterocycles. The van der Waals surface area contributed by atoms with Crippen LogP contribution >= 0.6 is 0 Å². The number of methoxy groups -OCH3 is 1. The van der Waals surface area contributed by atoms with E-state index in [1.165, 1.54) is 0 Å². The second-order valence-electron chi connectivity index (χ2n) is 3.07. The minimum atomic E-state index is -0.120. The van der Waals surface area contributed by atoms with Crippen LogP contribution in [0.4, 0.5) is 0 Å². The van der Waals surface area contributed by atoms with E-state index in [1.54, 1.807) is 13.3 Å². The van der Waals surface area contributed by atoms with Crippen molar-refractivity contribution in [2.75, 3.05) is 13.7 Å². The largest absolute Gasteiger partial charge is 0.481 e. The number of aliphatic hydroxyl groups is 1. The van der Waals surface area contributed by atoms with Crippen LogP contribution in [0.15, 0.2) is 18.3 Å². The molecule has 4 heteroatoms. The van der Waals surface area contributed by atoms with Crippen LogP contribution in [0.5, 0.6) is 5.88 Å². The number of nitrogens with zero attached hydrogens (tertiary/aromatic N) is 1. The van der Waals surface area contributed by atoms with E-state index in [2.05, 4.69) is 4.98 Å². The number of nitrogens with two attached hydrogens (primary N) is 1. The Morgan fingerprint density at radius 2 is 2.43 bits per heavy atom. The lowest BCUT2D eigenvalue weighted by molar-refractivity contribution is 0.279. The van der Waals surface area contributed by atoms with E-state index < -0.39 is 0 Å². The summed E-state index contributed by atoms with van der Waals surface area (Å²) in [4.78, 5) is 4.06. The Bertz CT molecular complexity index is 279. The molecule has 0 fully saturated rings. The predicted octanol–water partition coefficient (Wildman–Crippen LogP) is 0.863. The fourth-order valence-corrected chi connectivity index (χ4v) is 1.32. The summed E-state index contributed by atoms with van der Waals surface area (Å²) in [7, 11) is 1.57. The van der Waals surface area contributed by atoms with Crippen LogP contribution in [0.1, 0.15) is 24.4 Å². The van der Waals surface area contributed by atoms with Crippen molar-refractivity contribution in [1.82, 2.24) is 4.98 Å². The molecule has 0 bridgehead atoms. The number of aromatic nitrogens is 1. The molecule has 0 aromatic carbocycles. The van der Waals surface area contributed by atoms with Gasteiger partial charge in [0.25, 0.3) is 0 Å². The molecule has 0 saturated carbocycles. The summed E-state index contributed by atoms with van der Waals surface area (Å²) in [6, 6.07) is 3.61. The summed E-state index contributed by atoms with van der Waals surface area (Å²) in [5, 5.41) is 8.69. The molecule has 0 aliphatic carbocycles. The second-order valence-corrected chi connectivity index (χ2v) is 3.07. The zero-order valence-corrected chi connectivity index (χ0v) is 8.31. The predicted molar refractivity (Wildman–Crippen MR) is 54.0 cm³/mol. The van der Waals surface area contributed by atoms with Crippen LogP contribution in [0.25, 0.3) is 0 Å². The van der Waals surface area contributed by atoms with E-state index in [4.69, 9.17) is 15.6 Å². The SMILES string of the molecule is COc1ncccc1[C@H](N)CCCO. The first kappa shape index (κ1) is 10.9. The normalized spacial score (nSPS) is 12.5. The summed E-state index contributed by atoms with van der Waals surface area (Å²) in [5.74, 6) is 0.568. The molecule has 0 amide bonds. The molecule has 0 aliphatic heterocycles. The molecular weight excluding hydrogens is 180 g/mol.